The van der Waals surface area contributed by atoms with Crippen LogP contribution in [0.3, 0.4) is 0 Å². The molecule has 0 aliphatic carbocycles. The van der Waals surface area contributed by atoms with E-state index in [0.29, 0.717) is 13.0 Å². The molecule has 256 valence electrons. The normalized spacial score (nSPS) is 19.2. The molecule has 49 heavy (non-hydrogen) atoms. The van der Waals surface area contributed by atoms with Gasteiger partial charge in [0, 0.05) is 85.2 Å². The van der Waals surface area contributed by atoms with E-state index < -0.39 is 0 Å². The number of hydrogen-bond acceptors (Lipinski definition) is 5. The van der Waals surface area contributed by atoms with Crippen LogP contribution in [-0.2, 0) is 28.9 Å². The Bertz CT molecular complexity index is 2090. The molecule has 0 atom stereocenters. The Morgan fingerprint density at radius 3 is 2.57 bits per heavy atom. The first-order valence-electron chi connectivity index (χ1n) is 18.6. The maximum atomic E-state index is 11.9. The van der Waals surface area contributed by atoms with Crippen molar-refractivity contribution in [2.75, 3.05) is 24.6 Å². The molecule has 2 aromatic carbocycles. The number of unbranched alkanes of at least 4 members (excludes halogenated alkanes) is 2. The minimum atomic E-state index is -0.103. The zero-order valence-corrected chi connectivity index (χ0v) is 30.5. The number of anilines is 1. The third-order valence-electron chi connectivity index (χ3n) is 11.5. The van der Waals surface area contributed by atoms with Crippen molar-refractivity contribution in [2.24, 2.45) is 0 Å². The number of aromatic nitrogens is 2. The van der Waals surface area contributed by atoms with Crippen LogP contribution in [-0.4, -0.2) is 46.3 Å². The summed E-state index contributed by atoms with van der Waals surface area (Å²) < 4.78 is 17.4. The van der Waals surface area contributed by atoms with Crippen LogP contribution in [0.25, 0.3) is 16.7 Å². The average molecular weight is 660 g/mol. The molecule has 0 bridgehead atoms. The largest absolute Gasteiger partial charge is 0.466 e. The predicted octanol–water partition coefficient (Wildman–Crippen LogP) is 6.94. The number of fused-ring (bicyclic) bond motifs is 4. The average Bonchev–Trinajstić information content (AvgIpc) is 3.52. The second-order valence-electron chi connectivity index (χ2n) is 15.8. The Labute approximate surface area is 290 Å². The molecule has 6 heterocycles. The van der Waals surface area contributed by atoms with Crippen molar-refractivity contribution in [2.45, 2.75) is 117 Å². The Morgan fingerprint density at radius 1 is 0.959 bits per heavy atom. The summed E-state index contributed by atoms with van der Waals surface area (Å²) in [6.07, 6.45) is 16.4. The van der Waals surface area contributed by atoms with Crippen LogP contribution < -0.4 is 24.8 Å². The number of allylic oxidation sites excluding steroid dienone is 2. The van der Waals surface area contributed by atoms with Gasteiger partial charge in [-0.15, -0.1) is 0 Å². The third-order valence-corrected chi connectivity index (χ3v) is 11.5. The molecule has 5 aliphatic rings. The van der Waals surface area contributed by atoms with Crippen LogP contribution in [0, 0.1) is 0 Å². The van der Waals surface area contributed by atoms with Gasteiger partial charge >= 0.3 is 5.97 Å². The van der Waals surface area contributed by atoms with Crippen molar-refractivity contribution >= 4 is 28.4 Å². The van der Waals surface area contributed by atoms with Gasteiger partial charge in [-0.05, 0) is 96.1 Å². The van der Waals surface area contributed by atoms with Crippen LogP contribution in [0.4, 0.5) is 5.69 Å². The minimum absolute atomic E-state index is 0.0514. The zero-order chi connectivity index (χ0) is 34.2. The molecule has 7 heteroatoms. The molecule has 0 fully saturated rings. The van der Waals surface area contributed by atoms with Gasteiger partial charge in [0.15, 0.2) is 5.54 Å². The lowest BCUT2D eigenvalue weighted by Gasteiger charge is -2.47. The SMILES string of the molecule is CCOC(=O)CCCCCn1ccnc1C1=c2cc3c4c(c2Oc2c1cc1c5c2CCCN5C(C)(C)C=C1C)CCC[N+]=4C(C)(C)C=C3C. The molecule has 5 aliphatic heterocycles. The summed E-state index contributed by atoms with van der Waals surface area (Å²) >= 11 is 0. The summed E-state index contributed by atoms with van der Waals surface area (Å²) in [5.41, 5.74) is 11.6. The lowest BCUT2D eigenvalue weighted by molar-refractivity contribution is -0.143. The van der Waals surface area contributed by atoms with Crippen molar-refractivity contribution in [3.63, 3.8) is 0 Å². The second kappa shape index (κ2) is 11.7. The van der Waals surface area contributed by atoms with Gasteiger partial charge in [0.1, 0.15) is 23.9 Å². The molecule has 0 saturated heterocycles. The number of imidazole rings is 1. The van der Waals surface area contributed by atoms with Gasteiger partial charge in [-0.25, -0.2) is 9.56 Å². The molecule has 0 radical (unpaired) electrons. The maximum absolute atomic E-state index is 11.9. The fraction of sp³-hybridized carbons (Fsp3) is 0.500. The van der Waals surface area contributed by atoms with E-state index in [1.54, 1.807) is 0 Å². The van der Waals surface area contributed by atoms with Crippen LogP contribution in [0.15, 0.2) is 36.7 Å². The van der Waals surface area contributed by atoms with Crippen molar-refractivity contribution in [3.8, 4) is 11.5 Å². The summed E-state index contributed by atoms with van der Waals surface area (Å²) in [5.74, 6) is 2.94. The van der Waals surface area contributed by atoms with E-state index in [9.17, 15) is 4.79 Å². The van der Waals surface area contributed by atoms with Crippen LogP contribution in [0.1, 0.15) is 121 Å². The topological polar surface area (TPSA) is 59.6 Å². The highest BCUT2D eigenvalue weighted by Crippen LogP contribution is 2.52. The molecule has 7 nitrogen and oxygen atoms in total. The van der Waals surface area contributed by atoms with Gasteiger partial charge in [-0.1, -0.05) is 12.5 Å². The molecule has 0 saturated carbocycles. The molecule has 3 aromatic rings. The van der Waals surface area contributed by atoms with Gasteiger partial charge in [0.05, 0.1) is 23.4 Å². The Hall–Kier alpha value is -4.13. The van der Waals surface area contributed by atoms with E-state index in [0.717, 1.165) is 92.7 Å². The van der Waals surface area contributed by atoms with E-state index in [-0.39, 0.29) is 17.0 Å². The van der Waals surface area contributed by atoms with E-state index in [1.165, 1.54) is 50.0 Å². The number of ether oxygens (including phenoxy) is 2. The summed E-state index contributed by atoms with van der Waals surface area (Å²) in [5, 5.41) is 2.51. The molecule has 0 spiro atoms. The van der Waals surface area contributed by atoms with Gasteiger partial charge in [0.25, 0.3) is 0 Å². The molecule has 0 N–H and O–H groups in total. The number of esters is 1. The summed E-state index contributed by atoms with van der Waals surface area (Å²) in [7, 11) is 0. The van der Waals surface area contributed by atoms with Crippen LogP contribution in [0.2, 0.25) is 0 Å². The number of carbonyl (C=O) groups is 1. The molecule has 8 rings (SSSR count). The van der Waals surface area contributed by atoms with E-state index in [1.807, 2.05) is 13.1 Å². The van der Waals surface area contributed by atoms with Gasteiger partial charge < -0.3 is 18.9 Å². The first-order chi connectivity index (χ1) is 23.5. The van der Waals surface area contributed by atoms with Crippen molar-refractivity contribution < 1.29 is 14.3 Å². The van der Waals surface area contributed by atoms with Crippen molar-refractivity contribution in [1.82, 2.24) is 14.1 Å². The number of aryl methyl sites for hydroxylation is 1. The Balaban J connectivity index is 1.35. The Morgan fingerprint density at radius 2 is 1.76 bits per heavy atom. The highest BCUT2D eigenvalue weighted by Gasteiger charge is 2.42. The lowest BCUT2D eigenvalue weighted by Crippen LogP contribution is -2.53. The first kappa shape index (κ1) is 32.1. The van der Waals surface area contributed by atoms with Gasteiger partial charge in [-0.2, -0.15) is 0 Å². The quantitative estimate of drug-likeness (QED) is 0.117. The number of hydrogen-bond donors (Lipinski definition) is 0. The van der Waals surface area contributed by atoms with Crippen LogP contribution in [0.5, 0.6) is 11.5 Å². The summed E-state index contributed by atoms with van der Waals surface area (Å²) in [4.78, 5) is 19.7. The smallest absolute Gasteiger partial charge is 0.305 e. The Kier molecular flexibility index (Phi) is 7.69. The van der Waals surface area contributed by atoms with Gasteiger partial charge in [-0.3, -0.25) is 4.79 Å². The monoisotopic (exact) mass is 659 g/mol. The minimum Gasteiger partial charge on any atom is -0.466 e. The van der Waals surface area contributed by atoms with E-state index >= 15 is 0 Å². The zero-order valence-electron chi connectivity index (χ0n) is 30.5. The fourth-order valence-corrected chi connectivity index (χ4v) is 9.45. The highest BCUT2D eigenvalue weighted by atomic mass is 16.5. The van der Waals surface area contributed by atoms with Crippen LogP contribution >= 0.6 is 0 Å². The number of nitrogens with zero attached hydrogens (tertiary/aromatic N) is 4. The molecular weight excluding hydrogens is 608 g/mol. The lowest BCUT2D eigenvalue weighted by atomic mass is 9.80. The highest BCUT2D eigenvalue weighted by molar-refractivity contribution is 5.93. The molecule has 0 amide bonds. The molecule has 0 unspecified atom stereocenters. The van der Waals surface area contributed by atoms with Gasteiger partial charge in [0.2, 0.25) is 5.36 Å². The number of carbonyl (C=O) groups excluding carboxylic acids is 1. The fourth-order valence-electron chi connectivity index (χ4n) is 9.45. The number of benzene rings is 2. The van der Waals surface area contributed by atoms with E-state index in [4.69, 9.17) is 14.5 Å². The van der Waals surface area contributed by atoms with E-state index in [2.05, 4.69) is 86.1 Å². The first-order valence-corrected chi connectivity index (χ1v) is 18.6. The predicted molar refractivity (Wildman–Crippen MR) is 197 cm³/mol. The standard InChI is InChI=1S/C42H51N4O3/c1-8-48-34(47)16-10-9-11-18-44-21-17-43-40(44)35-32-22-30-26(2)24-41(4,5)45-19-12-14-28(36(30)45)38(32)49-39-29-15-13-20-46-37(29)31(23-33(35)39)27(3)25-42(46,6)7/h17,21-25H,8-16,18-20H2,1-7H3/q+1. The van der Waals surface area contributed by atoms with Crippen molar-refractivity contribution in [3.05, 3.63) is 80.9 Å². The second-order valence-corrected chi connectivity index (χ2v) is 15.8. The summed E-state index contributed by atoms with van der Waals surface area (Å²) in [6.45, 7) is 19.2. The number of rotatable bonds is 8. The molecule has 1 aromatic heterocycles. The molecular formula is C42H51N4O3+. The maximum Gasteiger partial charge on any atom is 0.305 e. The van der Waals surface area contributed by atoms with Crippen molar-refractivity contribution in [1.29, 1.82) is 0 Å². The third kappa shape index (κ3) is 5.09. The summed E-state index contributed by atoms with van der Waals surface area (Å²) in [6, 6.07) is 4.82.